The summed E-state index contributed by atoms with van der Waals surface area (Å²) in [6.45, 7) is 2.92. The van der Waals surface area contributed by atoms with Crippen LogP contribution in [0.1, 0.15) is 36.8 Å². The van der Waals surface area contributed by atoms with Gasteiger partial charge in [-0.2, -0.15) is 10.2 Å². The number of hydrogen-bond donors (Lipinski definition) is 0. The molecule has 0 unspecified atom stereocenters. The lowest BCUT2D eigenvalue weighted by Gasteiger charge is -2.60. The molecule has 176 valence electrons. The molecule has 3 aliphatic heterocycles. The molecule has 10 heteroatoms. The van der Waals surface area contributed by atoms with E-state index in [1.54, 1.807) is 24.3 Å². The van der Waals surface area contributed by atoms with Crippen LogP contribution < -0.4 is 5.01 Å². The van der Waals surface area contributed by atoms with Crippen molar-refractivity contribution >= 4 is 34.0 Å². The minimum Gasteiger partial charge on any atom is -0.379 e. The molecule has 0 radical (unpaired) electrons. The van der Waals surface area contributed by atoms with Crippen molar-refractivity contribution in [3.63, 3.8) is 0 Å². The Kier molecular flexibility index (Phi) is 5.28. The van der Waals surface area contributed by atoms with Crippen LogP contribution in [0.5, 0.6) is 0 Å². The van der Waals surface area contributed by atoms with Gasteiger partial charge < -0.3 is 4.74 Å². The molecule has 4 aliphatic rings. The Labute approximate surface area is 202 Å². The van der Waals surface area contributed by atoms with Crippen molar-refractivity contribution in [2.45, 2.75) is 37.4 Å². The number of benzene rings is 2. The number of nitro groups is 1. The third kappa shape index (κ3) is 3.22. The van der Waals surface area contributed by atoms with Gasteiger partial charge in [-0.3, -0.25) is 20.0 Å². The molecule has 1 aliphatic carbocycles. The zero-order valence-electron chi connectivity index (χ0n) is 18.6. The zero-order chi connectivity index (χ0) is 23.3. The second kappa shape index (κ2) is 8.33. The number of rotatable bonds is 3. The highest BCUT2D eigenvalue weighted by Crippen LogP contribution is 2.47. The normalized spacial score (nSPS) is 26.7. The first-order valence-electron chi connectivity index (χ1n) is 11.7. The van der Waals surface area contributed by atoms with Gasteiger partial charge in [-0.05, 0) is 31.4 Å². The van der Waals surface area contributed by atoms with Gasteiger partial charge in [0.25, 0.3) is 5.69 Å². The molecule has 0 amide bonds. The van der Waals surface area contributed by atoms with Crippen LogP contribution >= 0.6 is 11.6 Å². The topological polar surface area (TPSA) is 86.8 Å². The molecule has 2 atom stereocenters. The lowest BCUT2D eigenvalue weighted by molar-refractivity contribution is -0.384. The average Bonchev–Trinajstić information content (AvgIpc) is 2.89. The van der Waals surface area contributed by atoms with Gasteiger partial charge in [-0.1, -0.05) is 42.3 Å². The highest BCUT2D eigenvalue weighted by molar-refractivity contribution is 6.70. The fraction of sp³-hybridized carbons (Fsp3) is 0.417. The van der Waals surface area contributed by atoms with E-state index in [4.69, 9.17) is 26.5 Å². The monoisotopic (exact) mass is 480 g/mol. The van der Waals surface area contributed by atoms with Crippen molar-refractivity contribution in [1.82, 2.24) is 9.91 Å². The number of fused-ring (bicyclic) bond motifs is 5. The zero-order valence-corrected chi connectivity index (χ0v) is 19.4. The number of non-ortho nitro benzene ring substituents is 1. The Morgan fingerprint density at radius 1 is 1.03 bits per heavy atom. The molecule has 6 rings (SSSR count). The van der Waals surface area contributed by atoms with Crippen LogP contribution in [0.3, 0.4) is 0 Å². The van der Waals surface area contributed by atoms with E-state index >= 15 is 0 Å². The molecular formula is C24H25ClN6O3. The summed E-state index contributed by atoms with van der Waals surface area (Å²) >= 11 is 6.73. The van der Waals surface area contributed by atoms with Crippen molar-refractivity contribution in [3.05, 3.63) is 69.8 Å². The van der Waals surface area contributed by atoms with Crippen LogP contribution in [-0.2, 0) is 4.74 Å². The highest BCUT2D eigenvalue weighted by atomic mass is 35.5. The molecule has 1 saturated heterocycles. The number of amidine groups is 1. The van der Waals surface area contributed by atoms with Crippen molar-refractivity contribution in [3.8, 4) is 0 Å². The number of nitrogens with zero attached hydrogens (tertiary/aromatic N) is 6. The van der Waals surface area contributed by atoms with Crippen molar-refractivity contribution in [2.75, 3.05) is 31.3 Å². The Hall–Kier alpha value is -3.01. The van der Waals surface area contributed by atoms with E-state index in [1.807, 2.05) is 24.3 Å². The minimum absolute atomic E-state index is 0.00281. The van der Waals surface area contributed by atoms with Crippen LogP contribution in [0.4, 0.5) is 11.4 Å². The number of ether oxygens (including phenoxy) is 1. The van der Waals surface area contributed by atoms with Crippen LogP contribution in [-0.4, -0.2) is 63.8 Å². The number of hydrogen-bond acceptors (Lipinski definition) is 8. The number of morpholine rings is 1. The van der Waals surface area contributed by atoms with Crippen molar-refractivity contribution in [2.24, 2.45) is 10.2 Å². The van der Waals surface area contributed by atoms with Gasteiger partial charge >= 0.3 is 0 Å². The summed E-state index contributed by atoms with van der Waals surface area (Å²) in [7, 11) is 0. The molecule has 0 spiro atoms. The number of anilines is 1. The molecule has 2 fully saturated rings. The van der Waals surface area contributed by atoms with E-state index in [0.717, 1.165) is 61.4 Å². The van der Waals surface area contributed by atoms with E-state index in [-0.39, 0.29) is 16.7 Å². The summed E-state index contributed by atoms with van der Waals surface area (Å²) in [5.41, 5.74) is 2.24. The van der Waals surface area contributed by atoms with Crippen molar-refractivity contribution in [1.29, 1.82) is 0 Å². The summed E-state index contributed by atoms with van der Waals surface area (Å²) in [6, 6.07) is 14.6. The van der Waals surface area contributed by atoms with Gasteiger partial charge in [0.2, 0.25) is 0 Å². The largest absolute Gasteiger partial charge is 0.379 e. The molecule has 34 heavy (non-hydrogen) atoms. The molecule has 9 nitrogen and oxygen atoms in total. The van der Waals surface area contributed by atoms with Gasteiger partial charge in [-0.25, -0.2) is 5.01 Å². The number of nitro benzene ring substituents is 1. The molecule has 0 aromatic heterocycles. The van der Waals surface area contributed by atoms with Gasteiger partial charge in [-0.15, -0.1) is 0 Å². The predicted octanol–water partition coefficient (Wildman–Crippen LogP) is 3.96. The molecule has 2 aromatic carbocycles. The number of halogens is 1. The molecule has 2 aromatic rings. The first kappa shape index (κ1) is 21.5. The summed E-state index contributed by atoms with van der Waals surface area (Å²) in [4.78, 5) is 13.3. The Balaban J connectivity index is 1.56. The second-order valence-electron chi connectivity index (χ2n) is 9.03. The van der Waals surface area contributed by atoms with Crippen LogP contribution in [0, 0.1) is 10.1 Å². The maximum atomic E-state index is 11.2. The third-order valence-electron chi connectivity index (χ3n) is 7.33. The smallest absolute Gasteiger partial charge is 0.269 e. The fourth-order valence-corrected chi connectivity index (χ4v) is 6.04. The van der Waals surface area contributed by atoms with E-state index in [1.165, 1.54) is 0 Å². The maximum absolute atomic E-state index is 11.2. The second-order valence-corrected chi connectivity index (χ2v) is 9.39. The lowest BCUT2D eigenvalue weighted by Crippen LogP contribution is -2.75. The first-order chi connectivity index (χ1) is 16.6. The SMILES string of the molecule is O=[N+]([O-])c1ccc(N2N=C3c4ccccc4C(Cl)=NN3[C@]3(N4CCOCC4)CCCC[C@H]23)cc1. The van der Waals surface area contributed by atoms with Crippen LogP contribution in [0.2, 0.25) is 0 Å². The molecule has 0 bridgehead atoms. The van der Waals surface area contributed by atoms with Crippen molar-refractivity contribution < 1.29 is 9.66 Å². The van der Waals surface area contributed by atoms with Gasteiger partial charge in [0.05, 0.1) is 29.9 Å². The predicted molar refractivity (Wildman–Crippen MR) is 130 cm³/mol. The van der Waals surface area contributed by atoms with E-state index in [2.05, 4.69) is 14.9 Å². The molecule has 3 heterocycles. The summed E-state index contributed by atoms with van der Waals surface area (Å²) in [6.07, 6.45) is 3.99. The summed E-state index contributed by atoms with van der Waals surface area (Å²) < 4.78 is 5.70. The number of hydrazone groups is 2. The van der Waals surface area contributed by atoms with Gasteiger partial charge in [0.1, 0.15) is 5.66 Å². The first-order valence-corrected chi connectivity index (χ1v) is 12.1. The third-order valence-corrected chi connectivity index (χ3v) is 7.61. The van der Waals surface area contributed by atoms with Crippen LogP contribution in [0.25, 0.3) is 0 Å². The Morgan fingerprint density at radius 2 is 1.76 bits per heavy atom. The van der Waals surface area contributed by atoms with E-state index in [9.17, 15) is 10.1 Å². The van der Waals surface area contributed by atoms with E-state index < -0.39 is 5.66 Å². The molecular weight excluding hydrogens is 456 g/mol. The van der Waals surface area contributed by atoms with Crippen LogP contribution in [0.15, 0.2) is 58.7 Å². The Morgan fingerprint density at radius 3 is 2.50 bits per heavy atom. The van der Waals surface area contributed by atoms with E-state index in [0.29, 0.717) is 18.4 Å². The van der Waals surface area contributed by atoms with Gasteiger partial charge in [0, 0.05) is 36.3 Å². The molecule has 0 N–H and O–H groups in total. The Bertz CT molecular complexity index is 1180. The summed E-state index contributed by atoms with van der Waals surface area (Å²) in [5, 5.41) is 25.9. The maximum Gasteiger partial charge on any atom is 0.269 e. The standard InChI is InChI=1S/C24H25ClN6O3/c25-22-19-5-1-2-6-20(19)23-27-29(17-8-10-18(11-9-17)31(32)33)21-7-3-4-12-24(21,30(23)26-22)28-13-15-34-16-14-28/h1-2,5-6,8-11,21H,3-4,7,12-16H2/t21-,24+/m0/s1. The average molecular weight is 481 g/mol. The van der Waals surface area contributed by atoms with Gasteiger partial charge in [0.15, 0.2) is 11.0 Å². The fourth-order valence-electron chi connectivity index (χ4n) is 5.80. The summed E-state index contributed by atoms with van der Waals surface area (Å²) in [5.74, 6) is 0.753. The highest BCUT2D eigenvalue weighted by Gasteiger charge is 2.58. The lowest BCUT2D eigenvalue weighted by atomic mass is 9.79. The quantitative estimate of drug-likeness (QED) is 0.488. The molecule has 1 saturated carbocycles. The minimum atomic E-state index is -0.450.